The number of nitrogens with zero attached hydrogens (tertiary/aromatic N) is 4. The van der Waals surface area contributed by atoms with Gasteiger partial charge in [-0.05, 0) is 38.7 Å². The van der Waals surface area contributed by atoms with Gasteiger partial charge in [-0.1, -0.05) is 0 Å². The number of halogens is 3. The molecule has 1 aliphatic heterocycles. The molecule has 0 spiro atoms. The van der Waals surface area contributed by atoms with Crippen LogP contribution >= 0.6 is 0 Å². The Hall–Kier alpha value is -2.36. The minimum absolute atomic E-state index is 0.0359. The molecule has 0 unspecified atom stereocenters. The molecule has 1 saturated heterocycles. The monoisotopic (exact) mass is 412 g/mol. The van der Waals surface area contributed by atoms with Crippen LogP contribution in [0.2, 0.25) is 0 Å². The molecule has 1 atom stereocenters. The van der Waals surface area contributed by atoms with E-state index in [2.05, 4.69) is 10.1 Å². The lowest BCUT2D eigenvalue weighted by Crippen LogP contribution is -2.42. The summed E-state index contributed by atoms with van der Waals surface area (Å²) < 4.78 is 46.3. The molecule has 2 aromatic heterocycles. The number of rotatable bonds is 2. The number of amides is 1. The molecule has 29 heavy (non-hydrogen) atoms. The van der Waals surface area contributed by atoms with Crippen LogP contribution in [-0.4, -0.2) is 56.6 Å². The average Bonchev–Trinajstić information content (AvgIpc) is 3.10. The highest BCUT2D eigenvalue weighted by Gasteiger charge is 2.42. The molecule has 1 N–H and O–H groups in total. The predicted octanol–water partition coefficient (Wildman–Crippen LogP) is 3.93. The Morgan fingerprint density at radius 2 is 1.97 bits per heavy atom. The van der Waals surface area contributed by atoms with E-state index in [0.29, 0.717) is 30.7 Å². The standard InChI is InChI=1S/C19H23F3N4O3/c1-11-8-15(16-10-25(18(27)28)6-7-29-16)26-17(23-11)9-14(24-26)12-2-4-13(5-3-12)19(20,21)22/h8-9,12-13,16H,2-7,10H2,1H3,(H,27,28)/t12?,13?,16-/m0/s1. The van der Waals surface area contributed by atoms with Gasteiger partial charge in [0.15, 0.2) is 5.65 Å². The number of hydrogen-bond acceptors (Lipinski definition) is 4. The van der Waals surface area contributed by atoms with Crippen LogP contribution in [0.15, 0.2) is 12.1 Å². The fourth-order valence-corrected chi connectivity index (χ4v) is 4.29. The second-order valence-corrected chi connectivity index (χ2v) is 7.84. The minimum atomic E-state index is -4.13. The van der Waals surface area contributed by atoms with E-state index < -0.39 is 24.3 Å². The van der Waals surface area contributed by atoms with Crippen molar-refractivity contribution in [3.8, 4) is 0 Å². The topological polar surface area (TPSA) is 80.0 Å². The molecule has 1 amide bonds. The van der Waals surface area contributed by atoms with Crippen LogP contribution in [0, 0.1) is 12.8 Å². The Bertz CT molecular complexity index is 906. The van der Waals surface area contributed by atoms with Crippen LogP contribution < -0.4 is 0 Å². The van der Waals surface area contributed by atoms with Crippen molar-refractivity contribution in [2.24, 2.45) is 5.92 Å². The van der Waals surface area contributed by atoms with Gasteiger partial charge < -0.3 is 14.7 Å². The van der Waals surface area contributed by atoms with E-state index in [-0.39, 0.29) is 31.9 Å². The maximum atomic E-state index is 12.9. The second-order valence-electron chi connectivity index (χ2n) is 7.84. The fraction of sp³-hybridized carbons (Fsp3) is 0.632. The zero-order valence-electron chi connectivity index (χ0n) is 16.0. The number of fused-ring (bicyclic) bond motifs is 1. The van der Waals surface area contributed by atoms with Crippen molar-refractivity contribution in [2.45, 2.75) is 50.8 Å². The molecular formula is C19H23F3N4O3. The zero-order valence-corrected chi connectivity index (χ0v) is 16.0. The lowest BCUT2D eigenvalue weighted by molar-refractivity contribution is -0.182. The summed E-state index contributed by atoms with van der Waals surface area (Å²) in [5.41, 5.74) is 2.78. The molecule has 0 bridgehead atoms. The van der Waals surface area contributed by atoms with E-state index in [1.807, 2.05) is 19.1 Å². The van der Waals surface area contributed by atoms with Crippen LogP contribution in [0.1, 0.15) is 54.8 Å². The van der Waals surface area contributed by atoms with Crippen molar-refractivity contribution in [2.75, 3.05) is 19.7 Å². The number of aromatic nitrogens is 3. The molecule has 10 heteroatoms. The Morgan fingerprint density at radius 1 is 1.24 bits per heavy atom. The first-order valence-corrected chi connectivity index (χ1v) is 9.76. The van der Waals surface area contributed by atoms with Crippen LogP contribution in [0.4, 0.5) is 18.0 Å². The number of carboxylic acid groups (broad SMARTS) is 1. The largest absolute Gasteiger partial charge is 0.465 e. The fourth-order valence-electron chi connectivity index (χ4n) is 4.29. The SMILES string of the molecule is Cc1cc([C@@H]2CN(C(=O)O)CCO2)n2nc(C3CCC(C(F)(F)F)CC3)cc2n1. The van der Waals surface area contributed by atoms with Gasteiger partial charge in [0, 0.05) is 24.2 Å². The first-order chi connectivity index (χ1) is 13.7. The average molecular weight is 412 g/mol. The Morgan fingerprint density at radius 3 is 2.62 bits per heavy atom. The Kier molecular flexibility index (Phi) is 5.14. The summed E-state index contributed by atoms with van der Waals surface area (Å²) in [4.78, 5) is 17.1. The maximum absolute atomic E-state index is 12.9. The molecule has 4 rings (SSSR count). The quantitative estimate of drug-likeness (QED) is 0.809. The molecule has 7 nitrogen and oxygen atoms in total. The summed E-state index contributed by atoms with van der Waals surface area (Å²) in [6.07, 6.45) is -4.50. The third-order valence-electron chi connectivity index (χ3n) is 5.88. The third kappa shape index (κ3) is 4.03. The van der Waals surface area contributed by atoms with Crippen molar-refractivity contribution >= 4 is 11.7 Å². The van der Waals surface area contributed by atoms with E-state index in [1.165, 1.54) is 4.90 Å². The van der Waals surface area contributed by atoms with Gasteiger partial charge in [0.05, 0.1) is 30.5 Å². The summed E-state index contributed by atoms with van der Waals surface area (Å²) in [5.74, 6) is -1.27. The molecule has 0 radical (unpaired) electrons. The van der Waals surface area contributed by atoms with Crippen molar-refractivity contribution in [1.29, 1.82) is 0 Å². The summed E-state index contributed by atoms with van der Waals surface area (Å²) in [6, 6.07) is 3.65. The predicted molar refractivity (Wildman–Crippen MR) is 96.8 cm³/mol. The molecule has 3 heterocycles. The molecular weight excluding hydrogens is 389 g/mol. The highest BCUT2D eigenvalue weighted by molar-refractivity contribution is 5.65. The van der Waals surface area contributed by atoms with E-state index in [1.54, 1.807) is 4.52 Å². The van der Waals surface area contributed by atoms with Gasteiger partial charge in [-0.3, -0.25) is 0 Å². The third-order valence-corrected chi connectivity index (χ3v) is 5.88. The summed E-state index contributed by atoms with van der Waals surface area (Å²) in [6.45, 7) is 2.63. The van der Waals surface area contributed by atoms with E-state index in [9.17, 15) is 23.1 Å². The molecule has 158 valence electrons. The van der Waals surface area contributed by atoms with Gasteiger partial charge in [-0.15, -0.1) is 0 Å². The number of hydrogen-bond donors (Lipinski definition) is 1. The Labute approximate surface area is 165 Å². The summed E-state index contributed by atoms with van der Waals surface area (Å²) in [7, 11) is 0. The number of carbonyl (C=O) groups is 1. The normalized spacial score (nSPS) is 26.1. The first-order valence-electron chi connectivity index (χ1n) is 9.76. The minimum Gasteiger partial charge on any atom is -0.465 e. The van der Waals surface area contributed by atoms with Gasteiger partial charge in [-0.2, -0.15) is 18.3 Å². The lowest BCUT2D eigenvalue weighted by Gasteiger charge is -2.31. The number of ether oxygens (including phenoxy) is 1. The lowest BCUT2D eigenvalue weighted by atomic mass is 9.80. The molecule has 0 aromatic carbocycles. The molecule has 2 fully saturated rings. The summed E-state index contributed by atoms with van der Waals surface area (Å²) >= 11 is 0. The van der Waals surface area contributed by atoms with Crippen LogP contribution in [0.5, 0.6) is 0 Å². The second kappa shape index (κ2) is 7.47. The first kappa shape index (κ1) is 19.9. The van der Waals surface area contributed by atoms with Crippen LogP contribution in [-0.2, 0) is 4.74 Å². The highest BCUT2D eigenvalue weighted by Crippen LogP contribution is 2.42. The molecule has 1 saturated carbocycles. The number of alkyl halides is 3. The molecule has 1 aliphatic carbocycles. The molecule has 2 aliphatic rings. The van der Waals surface area contributed by atoms with E-state index in [0.717, 1.165) is 11.4 Å². The van der Waals surface area contributed by atoms with Crippen molar-refractivity contribution in [3.05, 3.63) is 29.2 Å². The zero-order chi connectivity index (χ0) is 20.8. The van der Waals surface area contributed by atoms with Gasteiger partial charge >= 0.3 is 12.3 Å². The number of aryl methyl sites for hydroxylation is 1. The number of morpholine rings is 1. The van der Waals surface area contributed by atoms with Gasteiger partial charge in [0.25, 0.3) is 0 Å². The highest BCUT2D eigenvalue weighted by atomic mass is 19.4. The maximum Gasteiger partial charge on any atom is 0.407 e. The van der Waals surface area contributed by atoms with E-state index in [4.69, 9.17) is 4.74 Å². The van der Waals surface area contributed by atoms with Gasteiger partial charge in [0.2, 0.25) is 0 Å². The smallest absolute Gasteiger partial charge is 0.407 e. The van der Waals surface area contributed by atoms with Crippen molar-refractivity contribution in [3.63, 3.8) is 0 Å². The van der Waals surface area contributed by atoms with Crippen molar-refractivity contribution < 1.29 is 27.8 Å². The Balaban J connectivity index is 1.60. The van der Waals surface area contributed by atoms with Crippen LogP contribution in [0.25, 0.3) is 5.65 Å². The van der Waals surface area contributed by atoms with Gasteiger partial charge in [0.1, 0.15) is 6.10 Å². The summed E-state index contributed by atoms with van der Waals surface area (Å²) in [5, 5.41) is 13.9. The molecule has 2 aromatic rings. The van der Waals surface area contributed by atoms with Crippen molar-refractivity contribution in [1.82, 2.24) is 19.5 Å². The van der Waals surface area contributed by atoms with Gasteiger partial charge in [-0.25, -0.2) is 14.3 Å². The van der Waals surface area contributed by atoms with Crippen LogP contribution in [0.3, 0.4) is 0 Å². The van der Waals surface area contributed by atoms with E-state index >= 15 is 0 Å².